The summed E-state index contributed by atoms with van der Waals surface area (Å²) in [6.07, 6.45) is 48.4. The van der Waals surface area contributed by atoms with Crippen molar-refractivity contribution in [2.45, 2.75) is 95.3 Å². The molecule has 3 N–H and O–H groups in total. The summed E-state index contributed by atoms with van der Waals surface area (Å²) in [5.41, 5.74) is 16.2. The van der Waals surface area contributed by atoms with Gasteiger partial charge in [-0.3, -0.25) is 5.32 Å². The molecule has 2 aromatic carbocycles. The molecule has 11 rings (SSSR count). The Bertz CT molecular complexity index is 2390. The number of nitrogens with zero attached hydrogens (tertiary/aromatic N) is 1. The molecule has 8 atom stereocenters. The van der Waals surface area contributed by atoms with Crippen LogP contribution in [0, 0.1) is 29.6 Å². The fourth-order valence-corrected chi connectivity index (χ4v) is 11.9. The Morgan fingerprint density at radius 2 is 1.62 bits per heavy atom. The van der Waals surface area contributed by atoms with Crippen molar-refractivity contribution in [2.75, 3.05) is 6.54 Å². The third kappa shape index (κ3) is 7.36. The zero-order chi connectivity index (χ0) is 39.8. The average molecular weight is 789 g/mol. The second-order valence-electron chi connectivity index (χ2n) is 18.6. The summed E-state index contributed by atoms with van der Waals surface area (Å²) in [6.45, 7) is 0.909. The lowest BCUT2D eigenvalue weighted by molar-refractivity contribution is 0.378. The van der Waals surface area contributed by atoms with Crippen molar-refractivity contribution < 1.29 is 0 Å². The Morgan fingerprint density at radius 1 is 0.717 bits per heavy atom. The van der Waals surface area contributed by atoms with Gasteiger partial charge in [0, 0.05) is 41.8 Å². The van der Waals surface area contributed by atoms with Crippen molar-refractivity contribution in [3.8, 4) is 0 Å². The van der Waals surface area contributed by atoms with E-state index in [-0.39, 0.29) is 12.3 Å². The summed E-state index contributed by atoms with van der Waals surface area (Å²) < 4.78 is 0. The van der Waals surface area contributed by atoms with Gasteiger partial charge in [0.05, 0.1) is 0 Å². The minimum Gasteiger partial charge on any atom is -0.381 e. The molecule has 0 aromatic heterocycles. The zero-order valence-corrected chi connectivity index (χ0v) is 35.0. The van der Waals surface area contributed by atoms with Gasteiger partial charge in [0.2, 0.25) is 0 Å². The maximum absolute atomic E-state index is 5.40. The number of amidine groups is 1. The van der Waals surface area contributed by atoms with Crippen LogP contribution >= 0.6 is 0 Å². The van der Waals surface area contributed by atoms with Gasteiger partial charge in [-0.2, -0.15) is 0 Å². The highest BCUT2D eigenvalue weighted by Gasteiger charge is 2.38. The number of allylic oxidation sites excluding steroid dienone is 19. The molecule has 0 bridgehead atoms. The summed E-state index contributed by atoms with van der Waals surface area (Å²) in [7, 11) is 0. The Kier molecular flexibility index (Phi) is 10.5. The molecule has 0 fully saturated rings. The topological polar surface area (TPSA) is 48.5 Å². The highest BCUT2D eigenvalue weighted by atomic mass is 15.3. The molecule has 60 heavy (non-hydrogen) atoms. The number of benzene rings is 2. The number of dihydropyridines is 1. The molecule has 304 valence electrons. The van der Waals surface area contributed by atoms with Crippen molar-refractivity contribution in [1.82, 2.24) is 16.0 Å². The van der Waals surface area contributed by atoms with Crippen LogP contribution in [0.5, 0.6) is 0 Å². The van der Waals surface area contributed by atoms with E-state index in [4.69, 9.17) is 4.99 Å². The van der Waals surface area contributed by atoms with Crippen molar-refractivity contribution in [1.29, 1.82) is 0 Å². The van der Waals surface area contributed by atoms with Crippen LogP contribution in [0.2, 0.25) is 0 Å². The largest absolute Gasteiger partial charge is 0.381 e. The van der Waals surface area contributed by atoms with E-state index in [1.165, 1.54) is 81.8 Å². The first-order chi connectivity index (χ1) is 29.7. The monoisotopic (exact) mass is 788 g/mol. The van der Waals surface area contributed by atoms with Crippen LogP contribution in [0.25, 0.3) is 5.57 Å². The van der Waals surface area contributed by atoms with Crippen LogP contribution in [-0.4, -0.2) is 18.5 Å². The molecule has 8 unspecified atom stereocenters. The van der Waals surface area contributed by atoms with Crippen molar-refractivity contribution in [2.24, 2.45) is 34.6 Å². The van der Waals surface area contributed by atoms with Gasteiger partial charge >= 0.3 is 0 Å². The fraction of sp³-hybridized carbons (Fsp3) is 0.375. The molecule has 0 radical (unpaired) electrons. The van der Waals surface area contributed by atoms with E-state index in [9.17, 15) is 0 Å². The molecule has 7 aliphatic carbocycles. The van der Waals surface area contributed by atoms with Crippen molar-refractivity contribution in [3.63, 3.8) is 0 Å². The third-order valence-corrected chi connectivity index (χ3v) is 14.9. The van der Waals surface area contributed by atoms with Gasteiger partial charge in [0.1, 0.15) is 18.2 Å². The predicted molar refractivity (Wildman–Crippen MR) is 249 cm³/mol. The van der Waals surface area contributed by atoms with Gasteiger partial charge in [-0.05, 0) is 133 Å². The molecule has 2 aliphatic heterocycles. The van der Waals surface area contributed by atoms with E-state index in [1.54, 1.807) is 11.1 Å². The Hall–Kier alpha value is -5.19. The summed E-state index contributed by atoms with van der Waals surface area (Å²) >= 11 is 0. The number of aliphatic imine (C=N–C) groups is 1. The molecule has 0 amide bonds. The lowest BCUT2D eigenvalue weighted by Crippen LogP contribution is -2.54. The molecule has 2 aromatic rings. The Balaban J connectivity index is 0.942. The molecule has 0 spiro atoms. The van der Waals surface area contributed by atoms with Gasteiger partial charge in [-0.1, -0.05) is 145 Å². The van der Waals surface area contributed by atoms with Crippen LogP contribution < -0.4 is 16.0 Å². The summed E-state index contributed by atoms with van der Waals surface area (Å²) in [4.78, 5) is 5.40. The van der Waals surface area contributed by atoms with Crippen LogP contribution in [0.1, 0.15) is 106 Å². The second kappa shape index (κ2) is 16.7. The van der Waals surface area contributed by atoms with Gasteiger partial charge in [-0.25, -0.2) is 4.99 Å². The lowest BCUT2D eigenvalue weighted by atomic mass is 9.65. The summed E-state index contributed by atoms with van der Waals surface area (Å²) in [5.74, 6) is 3.68. The molecule has 0 saturated carbocycles. The van der Waals surface area contributed by atoms with Crippen molar-refractivity contribution >= 4 is 11.4 Å². The van der Waals surface area contributed by atoms with E-state index in [0.29, 0.717) is 35.5 Å². The molecule has 9 aliphatic rings. The van der Waals surface area contributed by atoms with Crippen LogP contribution in [0.15, 0.2) is 184 Å². The highest BCUT2D eigenvalue weighted by molar-refractivity contribution is 5.87. The second-order valence-corrected chi connectivity index (χ2v) is 18.6. The van der Waals surface area contributed by atoms with Gasteiger partial charge < -0.3 is 10.6 Å². The van der Waals surface area contributed by atoms with E-state index in [2.05, 4.69) is 156 Å². The van der Waals surface area contributed by atoms with E-state index in [0.717, 1.165) is 57.9 Å². The van der Waals surface area contributed by atoms with Crippen LogP contribution in [0.3, 0.4) is 0 Å². The standard InChI is InChI=1S/C56H60N4/c1-4-16-37(17-5-1)53-46(28-15-31-57-53)44-33-43(34-45(35-44)56-59-54(38-18-6-2-7-19-38)58-55(60-56)39-20-8-3-9-21-39)41-23-14-22-40(32-41)42-29-30-51-49-26-11-10-24-47(49)48-25-12-13-27-50(48)52(51)36-42/h2-3,6-8,10-13,15-16,18-19,23-28,30,32,35-36,39,42-44,47,49,54,56-57,59H,1,4-5,9,14,17,20-22,29,31,33-34H2,(H,58,60). The molecule has 0 saturated heterocycles. The fourth-order valence-electron chi connectivity index (χ4n) is 11.9. The van der Waals surface area contributed by atoms with Crippen LogP contribution in [0.4, 0.5) is 0 Å². The Morgan fingerprint density at radius 3 is 2.50 bits per heavy atom. The molecular formula is C56H60N4. The number of hydrogen-bond acceptors (Lipinski definition) is 4. The predicted octanol–water partition coefficient (Wildman–Crippen LogP) is 12.3. The number of hydrogen-bond donors (Lipinski definition) is 3. The Labute approximate surface area is 357 Å². The maximum atomic E-state index is 5.40. The SMILES string of the molecule is C1=CC2C3=CCC(C4=CC(C5CC(C6NC(C7CC=CCC7)=NC(c7ccccc7)N6)=CC(C6=C(C7=CCCCC7)NCC=C6)C5)=CCC4)C=C3c3ccccc3C2C=C1. The molecule has 4 nitrogen and oxygen atoms in total. The molecular weight excluding hydrogens is 729 g/mol. The molecule has 4 heteroatoms. The lowest BCUT2D eigenvalue weighted by Gasteiger charge is -2.40. The van der Waals surface area contributed by atoms with Gasteiger partial charge in [0.25, 0.3) is 0 Å². The summed E-state index contributed by atoms with van der Waals surface area (Å²) in [5, 5.41) is 12.0. The van der Waals surface area contributed by atoms with E-state index >= 15 is 0 Å². The van der Waals surface area contributed by atoms with Gasteiger partial charge in [-0.15, -0.1) is 0 Å². The first kappa shape index (κ1) is 37.8. The smallest absolute Gasteiger partial charge is 0.129 e. The number of fused-ring (bicyclic) bond motifs is 6. The third-order valence-electron chi connectivity index (χ3n) is 14.9. The quantitative estimate of drug-likeness (QED) is 0.245. The van der Waals surface area contributed by atoms with Crippen molar-refractivity contribution in [3.05, 3.63) is 195 Å². The van der Waals surface area contributed by atoms with E-state index in [1.807, 2.05) is 0 Å². The molecule has 2 heterocycles. The average Bonchev–Trinajstić information content (AvgIpc) is 3.34. The first-order valence-corrected chi connectivity index (χ1v) is 23.4. The first-order valence-electron chi connectivity index (χ1n) is 23.4. The van der Waals surface area contributed by atoms with Gasteiger partial charge in [0.15, 0.2) is 0 Å². The normalized spacial score (nSPS) is 32.0. The van der Waals surface area contributed by atoms with E-state index < -0.39 is 0 Å². The highest BCUT2D eigenvalue weighted by Crippen LogP contribution is 2.52. The zero-order valence-electron chi connectivity index (χ0n) is 35.0. The minimum absolute atomic E-state index is 0.0236. The number of nitrogens with one attached hydrogen (secondary N) is 3. The maximum Gasteiger partial charge on any atom is 0.129 e. The minimum atomic E-state index is -0.0745. The number of rotatable bonds is 7. The van der Waals surface area contributed by atoms with Crippen LogP contribution in [-0.2, 0) is 0 Å². The summed E-state index contributed by atoms with van der Waals surface area (Å²) in [6, 6.07) is 20.1.